The number of carboxylic acid groups (broad SMARTS) is 1. The van der Waals surface area contributed by atoms with Crippen LogP contribution in [0.3, 0.4) is 0 Å². The van der Waals surface area contributed by atoms with E-state index in [4.69, 9.17) is 21.4 Å². The molecule has 0 saturated carbocycles. The Hall–Kier alpha value is -1.82. The fraction of sp³-hybridized carbons (Fsp3) is 0.611. The first-order valence-electron chi connectivity index (χ1n) is 8.45. The van der Waals surface area contributed by atoms with Gasteiger partial charge in [0.05, 0.1) is 0 Å². The number of ether oxygens (including phenoxy) is 1. The van der Waals surface area contributed by atoms with E-state index in [9.17, 15) is 9.70 Å². The van der Waals surface area contributed by atoms with Crippen molar-refractivity contribution in [1.82, 2.24) is 0 Å². The van der Waals surface area contributed by atoms with Crippen LogP contribution in [0.1, 0.15) is 58.4 Å². The molecular weight excluding hydrogens is 346 g/mol. The number of carboxylic acids is 1. The van der Waals surface area contributed by atoms with E-state index in [1.807, 2.05) is 13.8 Å². The van der Waals surface area contributed by atoms with Gasteiger partial charge in [-0.05, 0) is 57.4 Å². The SMILES string of the molecule is CCCCCCC(C)ON=O.Cc1cc(Cl)ccc1OC(C)C(=O)O. The third-order valence-electron chi connectivity index (χ3n) is 3.48. The van der Waals surface area contributed by atoms with Crippen molar-refractivity contribution in [3.63, 3.8) is 0 Å². The number of nitrogens with zero attached hydrogens (tertiary/aromatic N) is 1. The van der Waals surface area contributed by atoms with Crippen LogP contribution in [0.5, 0.6) is 5.75 Å². The molecule has 0 fully saturated rings. The minimum atomic E-state index is -0.987. The van der Waals surface area contributed by atoms with Crippen LogP contribution in [-0.2, 0) is 9.63 Å². The van der Waals surface area contributed by atoms with Crippen molar-refractivity contribution < 1.29 is 19.5 Å². The van der Waals surface area contributed by atoms with Gasteiger partial charge in [-0.1, -0.05) is 37.8 Å². The largest absolute Gasteiger partial charge is 0.479 e. The summed E-state index contributed by atoms with van der Waals surface area (Å²) in [6.07, 6.45) is 4.93. The summed E-state index contributed by atoms with van der Waals surface area (Å²) in [5.74, 6) is -0.441. The van der Waals surface area contributed by atoms with E-state index in [0.29, 0.717) is 10.8 Å². The summed E-state index contributed by atoms with van der Waals surface area (Å²) in [5.41, 5.74) is 0.825. The van der Waals surface area contributed by atoms with E-state index in [-0.39, 0.29) is 6.10 Å². The van der Waals surface area contributed by atoms with Crippen LogP contribution < -0.4 is 4.74 Å². The van der Waals surface area contributed by atoms with E-state index in [1.54, 1.807) is 18.2 Å². The van der Waals surface area contributed by atoms with Gasteiger partial charge in [0.1, 0.15) is 11.9 Å². The second kappa shape index (κ2) is 13.5. The Morgan fingerprint density at radius 1 is 1.28 bits per heavy atom. The molecule has 0 aromatic heterocycles. The average molecular weight is 374 g/mol. The highest BCUT2D eigenvalue weighted by Crippen LogP contribution is 2.22. The average Bonchev–Trinajstić information content (AvgIpc) is 2.55. The van der Waals surface area contributed by atoms with Gasteiger partial charge in [0.25, 0.3) is 0 Å². The van der Waals surface area contributed by atoms with E-state index >= 15 is 0 Å². The van der Waals surface area contributed by atoms with Crippen molar-refractivity contribution in [1.29, 1.82) is 0 Å². The van der Waals surface area contributed by atoms with Crippen molar-refractivity contribution >= 4 is 17.6 Å². The molecule has 0 saturated heterocycles. The van der Waals surface area contributed by atoms with Crippen molar-refractivity contribution in [3.05, 3.63) is 33.7 Å². The number of hydrogen-bond acceptors (Lipinski definition) is 5. The molecule has 0 aliphatic carbocycles. The lowest BCUT2D eigenvalue weighted by Crippen LogP contribution is -2.23. The predicted octanol–water partition coefficient (Wildman–Crippen LogP) is 5.54. The third-order valence-corrected chi connectivity index (χ3v) is 3.71. The van der Waals surface area contributed by atoms with Crippen LogP contribution in [0, 0.1) is 11.8 Å². The van der Waals surface area contributed by atoms with Crippen molar-refractivity contribution in [2.75, 3.05) is 0 Å². The van der Waals surface area contributed by atoms with Crippen LogP contribution >= 0.6 is 11.6 Å². The molecule has 0 bridgehead atoms. The van der Waals surface area contributed by atoms with E-state index in [0.717, 1.165) is 18.4 Å². The van der Waals surface area contributed by atoms with Crippen LogP contribution in [0.15, 0.2) is 23.5 Å². The van der Waals surface area contributed by atoms with E-state index in [2.05, 4.69) is 17.1 Å². The minimum Gasteiger partial charge on any atom is -0.479 e. The number of carbonyl (C=O) groups is 1. The topological polar surface area (TPSA) is 85.2 Å². The Balaban J connectivity index is 0.000000477. The smallest absolute Gasteiger partial charge is 0.344 e. The maximum atomic E-state index is 10.5. The number of aliphatic carboxylic acids is 1. The van der Waals surface area contributed by atoms with Crippen molar-refractivity contribution in [2.45, 2.75) is 72.0 Å². The number of benzene rings is 1. The molecule has 7 heteroatoms. The van der Waals surface area contributed by atoms with Gasteiger partial charge in [0.2, 0.25) is 0 Å². The molecule has 0 aliphatic rings. The number of aryl methyl sites for hydroxylation is 1. The fourth-order valence-electron chi connectivity index (χ4n) is 1.97. The Labute approximate surface area is 154 Å². The quantitative estimate of drug-likeness (QED) is 0.330. The third kappa shape index (κ3) is 11.4. The summed E-state index contributed by atoms with van der Waals surface area (Å²) < 4.78 is 5.20. The van der Waals surface area contributed by atoms with Crippen molar-refractivity contribution in [2.24, 2.45) is 5.34 Å². The second-order valence-corrected chi connectivity index (χ2v) is 6.28. The van der Waals surface area contributed by atoms with Gasteiger partial charge in [0.15, 0.2) is 11.4 Å². The first-order chi connectivity index (χ1) is 11.8. The van der Waals surface area contributed by atoms with Gasteiger partial charge in [-0.25, -0.2) is 4.79 Å². The standard InChI is InChI=1S/C10H11ClO3.C8H17NO2/c1-6-5-8(11)3-4-9(6)14-7(2)10(12)13;1-3-4-5-6-7-8(2)11-9-10/h3-5,7H,1-2H3,(H,12,13);8H,3-7H2,1-2H3. The van der Waals surface area contributed by atoms with Gasteiger partial charge in [-0.2, -0.15) is 0 Å². The summed E-state index contributed by atoms with van der Waals surface area (Å²) in [6.45, 7) is 7.34. The lowest BCUT2D eigenvalue weighted by atomic mass is 10.1. The molecule has 1 aromatic carbocycles. The lowest BCUT2D eigenvalue weighted by molar-refractivity contribution is -0.144. The van der Waals surface area contributed by atoms with E-state index in [1.165, 1.54) is 26.2 Å². The van der Waals surface area contributed by atoms with Gasteiger partial charge in [0, 0.05) is 5.02 Å². The zero-order valence-electron chi connectivity index (χ0n) is 15.3. The molecular formula is C18H28ClNO5. The highest BCUT2D eigenvalue weighted by molar-refractivity contribution is 6.30. The normalized spacial score (nSPS) is 12.4. The number of unbranched alkanes of at least 4 members (excludes halogenated alkanes) is 3. The summed E-state index contributed by atoms with van der Waals surface area (Å²) in [7, 11) is 0. The lowest BCUT2D eigenvalue weighted by Gasteiger charge is -2.12. The van der Waals surface area contributed by atoms with Crippen LogP contribution in [0.2, 0.25) is 5.02 Å². The van der Waals surface area contributed by atoms with Gasteiger partial charge in [-0.3, -0.25) is 0 Å². The molecule has 6 nitrogen and oxygen atoms in total. The van der Waals surface area contributed by atoms with E-state index < -0.39 is 12.1 Å². The molecule has 2 unspecified atom stereocenters. The zero-order valence-corrected chi connectivity index (χ0v) is 16.1. The van der Waals surface area contributed by atoms with Crippen LogP contribution in [0.4, 0.5) is 0 Å². The first-order valence-corrected chi connectivity index (χ1v) is 8.83. The minimum absolute atomic E-state index is 0.00986. The zero-order chi connectivity index (χ0) is 19.2. The molecule has 1 rings (SSSR count). The highest BCUT2D eigenvalue weighted by atomic mass is 35.5. The summed E-state index contributed by atoms with van der Waals surface area (Å²) in [6, 6.07) is 5.06. The Morgan fingerprint density at radius 2 is 1.96 bits per heavy atom. The molecule has 0 heterocycles. The summed E-state index contributed by atoms with van der Waals surface area (Å²) in [4.78, 5) is 24.7. The first kappa shape index (κ1) is 23.2. The molecule has 0 radical (unpaired) electrons. The molecule has 1 N–H and O–H groups in total. The molecule has 142 valence electrons. The monoisotopic (exact) mass is 373 g/mol. The van der Waals surface area contributed by atoms with Gasteiger partial charge < -0.3 is 14.7 Å². The molecule has 2 atom stereocenters. The number of rotatable bonds is 10. The number of hydrogen-bond donors (Lipinski definition) is 1. The maximum Gasteiger partial charge on any atom is 0.344 e. The molecule has 0 amide bonds. The Bertz CT molecular complexity index is 524. The summed E-state index contributed by atoms with van der Waals surface area (Å²) in [5, 5.41) is 11.6. The number of halogens is 1. The molecule has 1 aromatic rings. The Morgan fingerprint density at radius 3 is 2.48 bits per heavy atom. The fourth-order valence-corrected chi connectivity index (χ4v) is 2.20. The van der Waals surface area contributed by atoms with Gasteiger partial charge >= 0.3 is 5.97 Å². The highest BCUT2D eigenvalue weighted by Gasteiger charge is 2.13. The second-order valence-electron chi connectivity index (χ2n) is 5.85. The predicted molar refractivity (Wildman–Crippen MR) is 99.0 cm³/mol. The molecule has 0 aliphatic heterocycles. The maximum absolute atomic E-state index is 10.5. The van der Waals surface area contributed by atoms with Crippen LogP contribution in [-0.4, -0.2) is 23.3 Å². The molecule has 0 spiro atoms. The molecule has 25 heavy (non-hydrogen) atoms. The van der Waals surface area contributed by atoms with Crippen LogP contribution in [0.25, 0.3) is 0 Å². The summed E-state index contributed by atoms with van der Waals surface area (Å²) >= 11 is 5.74. The van der Waals surface area contributed by atoms with Crippen molar-refractivity contribution in [3.8, 4) is 5.75 Å². The Kier molecular flexibility index (Phi) is 12.5. The van der Waals surface area contributed by atoms with Gasteiger partial charge in [-0.15, -0.1) is 4.91 Å².